The van der Waals surface area contributed by atoms with Crippen molar-refractivity contribution < 1.29 is 18.0 Å². The zero-order valence-electron chi connectivity index (χ0n) is 12.2. The van der Waals surface area contributed by atoms with Crippen molar-refractivity contribution in [2.75, 3.05) is 6.54 Å². The second kappa shape index (κ2) is 7.86. The van der Waals surface area contributed by atoms with E-state index in [-0.39, 0.29) is 24.3 Å². The van der Waals surface area contributed by atoms with Gasteiger partial charge in [-0.3, -0.25) is 4.79 Å². The molecule has 1 fully saturated rings. The molecule has 0 aliphatic carbocycles. The summed E-state index contributed by atoms with van der Waals surface area (Å²) in [6.45, 7) is 4.33. The molecule has 3 atom stereocenters. The van der Waals surface area contributed by atoms with Crippen molar-refractivity contribution in [3.8, 4) is 0 Å². The van der Waals surface area contributed by atoms with Crippen molar-refractivity contribution in [3.05, 3.63) is 0 Å². The molecule has 1 rings (SSSR count). The van der Waals surface area contributed by atoms with Crippen LogP contribution in [0, 0.1) is 5.92 Å². The van der Waals surface area contributed by atoms with Crippen LogP contribution >= 0.6 is 0 Å². The first-order valence-electron chi connectivity index (χ1n) is 7.45. The Hall–Kier alpha value is -0.780. The maximum Gasteiger partial charge on any atom is 0.403 e. The number of carbonyl (C=O) groups excluding carboxylic acids is 1. The van der Waals surface area contributed by atoms with Crippen molar-refractivity contribution in [1.29, 1.82) is 0 Å². The summed E-state index contributed by atoms with van der Waals surface area (Å²) in [5.74, 6) is -0.0303. The molecule has 1 aliphatic heterocycles. The van der Waals surface area contributed by atoms with E-state index in [1.165, 1.54) is 0 Å². The Bertz CT molecular complexity index is 307. The highest BCUT2D eigenvalue weighted by atomic mass is 19.4. The third-order valence-corrected chi connectivity index (χ3v) is 3.84. The molecule has 1 aliphatic rings. The molecule has 3 nitrogen and oxygen atoms in total. The van der Waals surface area contributed by atoms with E-state index in [0.717, 1.165) is 19.3 Å². The van der Waals surface area contributed by atoms with Gasteiger partial charge in [0.15, 0.2) is 0 Å². The summed E-state index contributed by atoms with van der Waals surface area (Å²) in [6.07, 6.45) is -0.348. The van der Waals surface area contributed by atoms with E-state index in [9.17, 15) is 18.0 Å². The van der Waals surface area contributed by atoms with Crippen molar-refractivity contribution in [3.63, 3.8) is 0 Å². The fraction of sp³-hybridized carbons (Fsp3) is 0.929. The Balaban J connectivity index is 2.26. The minimum atomic E-state index is -4.17. The third kappa shape index (κ3) is 5.69. The van der Waals surface area contributed by atoms with E-state index >= 15 is 0 Å². The third-order valence-electron chi connectivity index (χ3n) is 3.84. The largest absolute Gasteiger partial charge is 0.403 e. The van der Waals surface area contributed by atoms with Crippen LogP contribution in [0.5, 0.6) is 0 Å². The van der Waals surface area contributed by atoms with Crippen molar-refractivity contribution in [1.82, 2.24) is 10.6 Å². The maximum atomic E-state index is 12.6. The lowest BCUT2D eigenvalue weighted by Gasteiger charge is -2.32. The second-order valence-electron chi connectivity index (χ2n) is 5.66. The number of piperidine rings is 1. The summed E-state index contributed by atoms with van der Waals surface area (Å²) in [5, 5.41) is 5.45. The number of carbonyl (C=O) groups is 1. The fourth-order valence-electron chi connectivity index (χ4n) is 2.61. The summed E-state index contributed by atoms with van der Waals surface area (Å²) in [6, 6.07) is -1.55. The fourth-order valence-corrected chi connectivity index (χ4v) is 2.61. The van der Waals surface area contributed by atoms with Gasteiger partial charge in [-0.25, -0.2) is 0 Å². The number of hydrogen-bond donors (Lipinski definition) is 2. The molecule has 0 aromatic rings. The highest BCUT2D eigenvalue weighted by Gasteiger charge is 2.41. The number of hydrogen-bond acceptors (Lipinski definition) is 2. The first-order valence-corrected chi connectivity index (χ1v) is 7.45. The molecule has 118 valence electrons. The molecular formula is C14H25F3N2O. The lowest BCUT2D eigenvalue weighted by molar-refractivity contribution is -0.163. The van der Waals surface area contributed by atoms with Gasteiger partial charge >= 0.3 is 6.18 Å². The van der Waals surface area contributed by atoms with Crippen LogP contribution < -0.4 is 10.6 Å². The average molecular weight is 294 g/mol. The monoisotopic (exact) mass is 294 g/mol. The summed E-state index contributed by atoms with van der Waals surface area (Å²) < 4.78 is 37.9. The first-order chi connectivity index (χ1) is 9.34. The highest BCUT2D eigenvalue weighted by molar-refractivity contribution is 5.78. The Kier molecular flexibility index (Phi) is 6.79. The molecular weight excluding hydrogens is 269 g/mol. The number of rotatable bonds is 6. The Morgan fingerprint density at radius 3 is 2.70 bits per heavy atom. The highest BCUT2D eigenvalue weighted by Crippen LogP contribution is 2.28. The molecule has 3 unspecified atom stereocenters. The van der Waals surface area contributed by atoms with Gasteiger partial charge in [-0.1, -0.05) is 26.7 Å². The van der Waals surface area contributed by atoms with E-state index < -0.39 is 12.2 Å². The molecule has 1 amide bonds. The molecule has 0 aromatic heterocycles. The standard InChI is InChI=1S/C14H25F3N2O/c1-3-5-10(2)13(20)18-9-8-11-6-4-7-12(19-11)14(15,16)17/h10-12,19H,3-9H2,1-2H3,(H,18,20). The van der Waals surface area contributed by atoms with Crippen LogP contribution in [0.4, 0.5) is 13.2 Å². The molecule has 0 saturated carbocycles. The molecule has 0 radical (unpaired) electrons. The van der Waals surface area contributed by atoms with Crippen LogP contribution in [0.2, 0.25) is 0 Å². The average Bonchev–Trinajstić information content (AvgIpc) is 2.38. The number of amides is 1. The molecule has 1 saturated heterocycles. The van der Waals surface area contributed by atoms with Gasteiger partial charge in [0.2, 0.25) is 5.91 Å². The predicted octanol–water partition coefficient (Wildman–Crippen LogP) is 3.00. The van der Waals surface area contributed by atoms with Crippen LogP contribution in [0.25, 0.3) is 0 Å². The maximum absolute atomic E-state index is 12.6. The summed E-state index contributed by atoms with van der Waals surface area (Å²) >= 11 is 0. The molecule has 0 spiro atoms. The zero-order chi connectivity index (χ0) is 15.2. The second-order valence-corrected chi connectivity index (χ2v) is 5.66. The minimum Gasteiger partial charge on any atom is -0.356 e. The van der Waals surface area contributed by atoms with Crippen molar-refractivity contribution >= 4 is 5.91 Å². The van der Waals surface area contributed by atoms with Gasteiger partial charge in [0.1, 0.15) is 6.04 Å². The Morgan fingerprint density at radius 2 is 2.10 bits per heavy atom. The summed E-state index contributed by atoms with van der Waals surface area (Å²) in [7, 11) is 0. The number of halogens is 3. The van der Waals surface area contributed by atoms with Crippen LogP contribution in [-0.2, 0) is 4.79 Å². The SMILES string of the molecule is CCCC(C)C(=O)NCCC1CCCC(C(F)(F)F)N1. The van der Waals surface area contributed by atoms with Gasteiger partial charge < -0.3 is 10.6 Å². The normalized spacial score (nSPS) is 25.2. The molecule has 6 heteroatoms. The van der Waals surface area contributed by atoms with Gasteiger partial charge in [-0.2, -0.15) is 13.2 Å². The topological polar surface area (TPSA) is 41.1 Å². The van der Waals surface area contributed by atoms with Gasteiger partial charge in [-0.15, -0.1) is 0 Å². The van der Waals surface area contributed by atoms with E-state index in [0.29, 0.717) is 19.4 Å². The van der Waals surface area contributed by atoms with Gasteiger partial charge in [0.25, 0.3) is 0 Å². The van der Waals surface area contributed by atoms with Crippen molar-refractivity contribution in [2.24, 2.45) is 5.92 Å². The molecule has 1 heterocycles. The van der Waals surface area contributed by atoms with Gasteiger partial charge in [-0.05, 0) is 25.7 Å². The number of nitrogens with one attached hydrogen (secondary N) is 2. The smallest absolute Gasteiger partial charge is 0.356 e. The molecule has 0 bridgehead atoms. The van der Waals surface area contributed by atoms with E-state index in [2.05, 4.69) is 10.6 Å². The quantitative estimate of drug-likeness (QED) is 0.790. The van der Waals surface area contributed by atoms with Crippen molar-refractivity contribution in [2.45, 2.75) is 70.6 Å². The lowest BCUT2D eigenvalue weighted by atomic mass is 9.96. The predicted molar refractivity (Wildman–Crippen MR) is 72.3 cm³/mol. The summed E-state index contributed by atoms with van der Waals surface area (Å²) in [5.41, 5.74) is 0. The lowest BCUT2D eigenvalue weighted by Crippen LogP contribution is -2.51. The van der Waals surface area contributed by atoms with E-state index in [4.69, 9.17) is 0 Å². The molecule has 2 N–H and O–H groups in total. The van der Waals surface area contributed by atoms with Crippen LogP contribution in [-0.4, -0.2) is 30.7 Å². The van der Waals surface area contributed by atoms with Crippen LogP contribution in [0.1, 0.15) is 52.4 Å². The summed E-state index contributed by atoms with van der Waals surface area (Å²) in [4.78, 5) is 11.7. The first kappa shape index (κ1) is 17.3. The number of alkyl halides is 3. The molecule has 20 heavy (non-hydrogen) atoms. The Labute approximate surface area is 118 Å². The van der Waals surface area contributed by atoms with E-state index in [1.807, 2.05) is 13.8 Å². The van der Waals surface area contributed by atoms with Crippen LogP contribution in [0.15, 0.2) is 0 Å². The zero-order valence-corrected chi connectivity index (χ0v) is 12.2. The Morgan fingerprint density at radius 1 is 1.40 bits per heavy atom. The molecule has 0 aromatic carbocycles. The van der Waals surface area contributed by atoms with E-state index in [1.54, 1.807) is 0 Å². The van der Waals surface area contributed by atoms with Gasteiger partial charge in [0, 0.05) is 18.5 Å². The van der Waals surface area contributed by atoms with Gasteiger partial charge in [0.05, 0.1) is 0 Å². The minimum absolute atomic E-state index is 0.00460. The van der Waals surface area contributed by atoms with Crippen LogP contribution in [0.3, 0.4) is 0 Å².